The van der Waals surface area contributed by atoms with Gasteiger partial charge in [0.15, 0.2) is 0 Å². The van der Waals surface area contributed by atoms with Crippen molar-refractivity contribution in [3.63, 3.8) is 0 Å². The second kappa shape index (κ2) is 4.54. The molecule has 4 heteroatoms. The molecule has 1 aromatic heterocycles. The van der Waals surface area contributed by atoms with Crippen LogP contribution in [0.4, 0.5) is 4.79 Å². The Morgan fingerprint density at radius 2 is 2.00 bits per heavy atom. The normalized spacial score (nSPS) is 18.1. The van der Waals surface area contributed by atoms with Crippen molar-refractivity contribution in [1.29, 1.82) is 0 Å². The highest BCUT2D eigenvalue weighted by atomic mass is 16.2. The van der Waals surface area contributed by atoms with Gasteiger partial charge >= 0.3 is 6.03 Å². The molecule has 3 rings (SSSR count). The zero-order chi connectivity index (χ0) is 14.3. The zero-order valence-corrected chi connectivity index (χ0v) is 12.2. The maximum Gasteiger partial charge on any atom is 0.315 e. The number of urea groups is 1. The lowest BCUT2D eigenvalue weighted by molar-refractivity contribution is 0.228. The van der Waals surface area contributed by atoms with Gasteiger partial charge < -0.3 is 15.6 Å². The predicted molar refractivity (Wildman–Crippen MR) is 80.9 cm³/mol. The highest BCUT2D eigenvalue weighted by Gasteiger charge is 2.27. The monoisotopic (exact) mass is 271 g/mol. The molecule has 20 heavy (non-hydrogen) atoms. The summed E-state index contributed by atoms with van der Waals surface area (Å²) in [5.41, 5.74) is 3.59. The summed E-state index contributed by atoms with van der Waals surface area (Å²) in [6.45, 7) is 5.95. The number of para-hydroxylation sites is 1. The van der Waals surface area contributed by atoms with Crippen molar-refractivity contribution in [2.45, 2.75) is 45.2 Å². The minimum Gasteiger partial charge on any atom is -0.358 e. The number of H-pyrrole nitrogens is 1. The number of aromatic nitrogens is 1. The summed E-state index contributed by atoms with van der Waals surface area (Å²) >= 11 is 0. The number of rotatable bonds is 1. The summed E-state index contributed by atoms with van der Waals surface area (Å²) in [6.07, 6.45) is 1.78. The average molecular weight is 271 g/mol. The third kappa shape index (κ3) is 2.50. The Morgan fingerprint density at radius 3 is 2.75 bits per heavy atom. The number of amides is 2. The van der Waals surface area contributed by atoms with E-state index >= 15 is 0 Å². The summed E-state index contributed by atoms with van der Waals surface area (Å²) in [4.78, 5) is 15.4. The summed E-state index contributed by atoms with van der Waals surface area (Å²) in [6, 6.07) is 8.44. The van der Waals surface area contributed by atoms with E-state index in [4.69, 9.17) is 0 Å². The third-order valence-electron chi connectivity index (χ3n) is 3.63. The topological polar surface area (TPSA) is 56.9 Å². The van der Waals surface area contributed by atoms with Gasteiger partial charge in [0.2, 0.25) is 0 Å². The second-order valence-corrected chi connectivity index (χ2v) is 6.58. The van der Waals surface area contributed by atoms with Crippen molar-refractivity contribution >= 4 is 16.9 Å². The molecule has 2 amide bonds. The molecular weight excluding hydrogens is 250 g/mol. The van der Waals surface area contributed by atoms with Crippen LogP contribution in [0.3, 0.4) is 0 Å². The van der Waals surface area contributed by atoms with Crippen molar-refractivity contribution < 1.29 is 4.79 Å². The first-order valence-corrected chi connectivity index (χ1v) is 7.09. The molecule has 0 aliphatic heterocycles. The molecule has 0 bridgehead atoms. The zero-order valence-electron chi connectivity index (χ0n) is 12.2. The first-order valence-electron chi connectivity index (χ1n) is 7.09. The van der Waals surface area contributed by atoms with Crippen molar-refractivity contribution in [3.8, 4) is 0 Å². The van der Waals surface area contributed by atoms with Crippen LogP contribution in [-0.4, -0.2) is 22.6 Å². The molecule has 2 aromatic rings. The first kappa shape index (κ1) is 13.0. The summed E-state index contributed by atoms with van der Waals surface area (Å²) < 4.78 is 0. The number of nitrogens with one attached hydrogen (secondary N) is 3. The molecule has 1 atom stereocenters. The third-order valence-corrected chi connectivity index (χ3v) is 3.63. The summed E-state index contributed by atoms with van der Waals surface area (Å²) in [5, 5.41) is 7.29. The van der Waals surface area contributed by atoms with Crippen LogP contribution < -0.4 is 10.6 Å². The molecule has 1 aliphatic carbocycles. The van der Waals surface area contributed by atoms with Crippen molar-refractivity contribution in [2.24, 2.45) is 0 Å². The van der Waals surface area contributed by atoms with Crippen LogP contribution in [0.25, 0.3) is 10.9 Å². The lowest BCUT2D eigenvalue weighted by atomic mass is 10.1. The van der Waals surface area contributed by atoms with Gasteiger partial charge in [0.1, 0.15) is 0 Å². The van der Waals surface area contributed by atoms with Crippen molar-refractivity contribution in [1.82, 2.24) is 15.6 Å². The maximum absolute atomic E-state index is 11.9. The quantitative estimate of drug-likeness (QED) is 0.734. The molecule has 1 aliphatic rings. The fourth-order valence-electron chi connectivity index (χ4n) is 2.89. The highest BCUT2D eigenvalue weighted by Crippen LogP contribution is 2.29. The molecule has 4 nitrogen and oxygen atoms in total. The number of benzene rings is 1. The Labute approximate surface area is 118 Å². The number of aromatic amines is 1. The largest absolute Gasteiger partial charge is 0.358 e. The molecule has 0 spiro atoms. The minimum absolute atomic E-state index is 0.0861. The minimum atomic E-state index is -0.205. The molecule has 0 saturated carbocycles. The number of hydrogen-bond acceptors (Lipinski definition) is 1. The fourth-order valence-corrected chi connectivity index (χ4v) is 2.89. The molecule has 1 heterocycles. The van der Waals surface area contributed by atoms with Crippen LogP contribution in [0.1, 0.15) is 32.0 Å². The number of carbonyl (C=O) groups is 1. The molecule has 0 fully saturated rings. The average Bonchev–Trinajstić information content (AvgIpc) is 2.83. The predicted octanol–water partition coefficient (Wildman–Crippen LogP) is 2.73. The fraction of sp³-hybridized carbons (Fsp3) is 0.438. The van der Waals surface area contributed by atoms with E-state index in [0.29, 0.717) is 0 Å². The van der Waals surface area contributed by atoms with E-state index in [1.54, 1.807) is 0 Å². The second-order valence-electron chi connectivity index (χ2n) is 6.58. The lowest BCUT2D eigenvalue weighted by Crippen LogP contribution is -2.49. The molecule has 3 N–H and O–H groups in total. The van der Waals surface area contributed by atoms with Crippen LogP contribution in [-0.2, 0) is 12.8 Å². The van der Waals surface area contributed by atoms with Gasteiger partial charge in [-0.2, -0.15) is 0 Å². The van der Waals surface area contributed by atoms with Crippen LogP contribution in [0.5, 0.6) is 0 Å². The summed E-state index contributed by atoms with van der Waals surface area (Å²) in [5.74, 6) is 0. The number of hydrogen-bond donors (Lipinski definition) is 3. The van der Waals surface area contributed by atoms with E-state index in [0.717, 1.165) is 12.8 Å². The Bertz CT molecular complexity index is 651. The molecule has 0 radical (unpaired) electrons. The van der Waals surface area contributed by atoms with Crippen LogP contribution >= 0.6 is 0 Å². The van der Waals surface area contributed by atoms with Gasteiger partial charge in [-0.25, -0.2) is 4.79 Å². The summed E-state index contributed by atoms with van der Waals surface area (Å²) in [7, 11) is 0. The SMILES string of the molecule is CC(C)(C)NC(=O)NC1Cc2[nH]c3ccccc3c2C1. The number of carbonyl (C=O) groups excluding carboxylic acids is 1. The lowest BCUT2D eigenvalue weighted by Gasteiger charge is -2.22. The Kier molecular flexibility index (Phi) is 2.96. The van der Waals surface area contributed by atoms with Crippen LogP contribution in [0.2, 0.25) is 0 Å². The van der Waals surface area contributed by atoms with Gasteiger partial charge in [-0.15, -0.1) is 0 Å². The van der Waals surface area contributed by atoms with Gasteiger partial charge in [-0.05, 0) is 38.8 Å². The van der Waals surface area contributed by atoms with Crippen molar-refractivity contribution in [3.05, 3.63) is 35.5 Å². The molecule has 0 saturated heterocycles. The van der Waals surface area contributed by atoms with Crippen LogP contribution in [0, 0.1) is 0 Å². The molecule has 1 unspecified atom stereocenters. The van der Waals surface area contributed by atoms with Gasteiger partial charge in [0, 0.05) is 34.6 Å². The van der Waals surface area contributed by atoms with E-state index in [1.165, 1.54) is 22.2 Å². The van der Waals surface area contributed by atoms with Gasteiger partial charge in [-0.1, -0.05) is 18.2 Å². The van der Waals surface area contributed by atoms with E-state index in [9.17, 15) is 4.79 Å². The van der Waals surface area contributed by atoms with E-state index in [-0.39, 0.29) is 17.6 Å². The number of fused-ring (bicyclic) bond motifs is 3. The maximum atomic E-state index is 11.9. The van der Waals surface area contributed by atoms with E-state index in [2.05, 4.69) is 33.8 Å². The van der Waals surface area contributed by atoms with Gasteiger partial charge in [0.05, 0.1) is 0 Å². The Hall–Kier alpha value is -1.97. The van der Waals surface area contributed by atoms with E-state index in [1.807, 2.05) is 26.8 Å². The molecule has 1 aromatic carbocycles. The smallest absolute Gasteiger partial charge is 0.315 e. The Morgan fingerprint density at radius 1 is 1.25 bits per heavy atom. The molecule has 106 valence electrons. The Balaban J connectivity index is 1.70. The highest BCUT2D eigenvalue weighted by molar-refractivity contribution is 5.85. The van der Waals surface area contributed by atoms with E-state index < -0.39 is 0 Å². The van der Waals surface area contributed by atoms with Gasteiger partial charge in [-0.3, -0.25) is 0 Å². The van der Waals surface area contributed by atoms with Gasteiger partial charge in [0.25, 0.3) is 0 Å². The van der Waals surface area contributed by atoms with Crippen LogP contribution in [0.15, 0.2) is 24.3 Å². The standard InChI is InChI=1S/C16H21N3O/c1-16(2,3)19-15(20)17-10-8-12-11-6-4-5-7-13(11)18-14(12)9-10/h4-7,10,18H,8-9H2,1-3H3,(H2,17,19,20). The van der Waals surface area contributed by atoms with Crippen molar-refractivity contribution in [2.75, 3.05) is 0 Å². The molecular formula is C16H21N3O. The first-order chi connectivity index (χ1) is 9.42.